The highest BCUT2D eigenvalue weighted by atomic mass is 16.5. The summed E-state index contributed by atoms with van der Waals surface area (Å²) < 4.78 is 4.85. The summed E-state index contributed by atoms with van der Waals surface area (Å²) in [5, 5.41) is 10.1. The molecule has 0 amide bonds. The van der Waals surface area contributed by atoms with E-state index in [9.17, 15) is 0 Å². The zero-order valence-corrected chi connectivity index (χ0v) is 11.0. The average Bonchev–Trinajstić information content (AvgIpc) is 3.08. The van der Waals surface area contributed by atoms with Crippen LogP contribution < -0.4 is 5.32 Å². The predicted octanol–water partition coefficient (Wildman–Crippen LogP) is 3.00. The molecule has 4 rings (SSSR count). The number of rotatable bonds is 4. The zero-order chi connectivity index (χ0) is 13.4. The number of hydrogen-bond acceptors (Lipinski definition) is 4. The van der Waals surface area contributed by atoms with Gasteiger partial charge in [0.1, 0.15) is 0 Å². The Labute approximate surface area is 116 Å². The highest BCUT2D eigenvalue weighted by Gasteiger charge is 2.47. The number of nitrogens with zero attached hydrogens (tertiary/aromatic N) is 2. The molecule has 1 aliphatic rings. The van der Waals surface area contributed by atoms with Crippen LogP contribution in [-0.4, -0.2) is 10.1 Å². The van der Waals surface area contributed by atoms with Crippen LogP contribution in [0.1, 0.15) is 24.2 Å². The van der Waals surface area contributed by atoms with E-state index >= 15 is 0 Å². The minimum Gasteiger partial charge on any atom is -0.343 e. The third-order valence-corrected chi connectivity index (χ3v) is 3.98. The Hall–Kier alpha value is -2.20. The van der Waals surface area contributed by atoms with Gasteiger partial charge in [0.25, 0.3) is 0 Å². The van der Waals surface area contributed by atoms with E-state index in [0.717, 1.165) is 25.2 Å². The Morgan fingerprint density at radius 1 is 1.10 bits per heavy atom. The summed E-state index contributed by atoms with van der Waals surface area (Å²) in [6.07, 6.45) is 3.54. The maximum atomic E-state index is 4.85. The summed E-state index contributed by atoms with van der Waals surface area (Å²) in [5.74, 6) is 0.776. The number of hydrogen-bond donors (Lipinski definition) is 1. The number of aromatic nitrogens is 2. The topological polar surface area (TPSA) is 51.0 Å². The van der Waals surface area contributed by atoms with Crippen molar-refractivity contribution in [2.24, 2.45) is 0 Å². The predicted molar refractivity (Wildman–Crippen MR) is 76.0 cm³/mol. The summed E-state index contributed by atoms with van der Waals surface area (Å²) in [6, 6.07) is 15.0. The van der Waals surface area contributed by atoms with Crippen LogP contribution >= 0.6 is 0 Å². The molecule has 100 valence electrons. The third kappa shape index (κ3) is 1.98. The van der Waals surface area contributed by atoms with Crippen LogP contribution in [0.3, 0.4) is 0 Å². The molecular formula is C16H15N3O. The van der Waals surface area contributed by atoms with E-state index in [1.807, 2.05) is 0 Å². The van der Waals surface area contributed by atoms with Gasteiger partial charge in [0.2, 0.25) is 6.39 Å². The SMILES string of the molecule is c1ccc2cc(CNC3(c4ncon4)CC3)ccc2c1. The average molecular weight is 265 g/mol. The van der Waals surface area contributed by atoms with Crippen molar-refractivity contribution in [3.63, 3.8) is 0 Å². The van der Waals surface area contributed by atoms with Gasteiger partial charge in [0.05, 0.1) is 5.54 Å². The Morgan fingerprint density at radius 2 is 1.95 bits per heavy atom. The van der Waals surface area contributed by atoms with Crippen molar-refractivity contribution in [1.29, 1.82) is 0 Å². The first kappa shape index (κ1) is 11.6. The van der Waals surface area contributed by atoms with Crippen LogP contribution in [0.5, 0.6) is 0 Å². The zero-order valence-electron chi connectivity index (χ0n) is 11.0. The van der Waals surface area contributed by atoms with Gasteiger partial charge in [-0.05, 0) is 35.2 Å². The fraction of sp³-hybridized carbons (Fsp3) is 0.250. The lowest BCUT2D eigenvalue weighted by Crippen LogP contribution is -2.29. The summed E-state index contributed by atoms with van der Waals surface area (Å²) in [6.45, 7) is 0.819. The number of fused-ring (bicyclic) bond motifs is 1. The van der Waals surface area contributed by atoms with E-state index in [1.54, 1.807) is 0 Å². The van der Waals surface area contributed by atoms with Gasteiger partial charge in [0.15, 0.2) is 5.82 Å². The molecule has 4 nitrogen and oxygen atoms in total. The summed E-state index contributed by atoms with van der Waals surface area (Å²) >= 11 is 0. The molecule has 2 aromatic carbocycles. The van der Waals surface area contributed by atoms with Crippen molar-refractivity contribution in [1.82, 2.24) is 15.5 Å². The van der Waals surface area contributed by atoms with Crippen molar-refractivity contribution in [3.05, 3.63) is 60.2 Å². The maximum absolute atomic E-state index is 4.85. The molecule has 0 unspecified atom stereocenters. The molecule has 0 bridgehead atoms. The summed E-state index contributed by atoms with van der Waals surface area (Å²) in [5.41, 5.74) is 1.21. The second kappa shape index (κ2) is 4.42. The van der Waals surface area contributed by atoms with E-state index in [0.29, 0.717) is 0 Å². The Bertz CT molecular complexity index is 732. The number of benzene rings is 2. The van der Waals surface area contributed by atoms with Gasteiger partial charge in [-0.15, -0.1) is 0 Å². The molecule has 3 aromatic rings. The molecule has 0 aliphatic heterocycles. The fourth-order valence-corrected chi connectivity index (χ4v) is 2.61. The molecule has 0 atom stereocenters. The highest BCUT2D eigenvalue weighted by Crippen LogP contribution is 2.43. The molecule has 4 heteroatoms. The lowest BCUT2D eigenvalue weighted by Gasteiger charge is -2.13. The third-order valence-electron chi connectivity index (χ3n) is 3.98. The van der Waals surface area contributed by atoms with Crippen LogP contribution in [0, 0.1) is 0 Å². The molecule has 0 spiro atoms. The minimum absolute atomic E-state index is 0.0708. The van der Waals surface area contributed by atoms with Crippen LogP contribution in [0.15, 0.2) is 53.4 Å². The van der Waals surface area contributed by atoms with E-state index in [1.165, 1.54) is 22.7 Å². The Kier molecular flexibility index (Phi) is 2.57. The molecule has 1 aliphatic carbocycles. The lowest BCUT2D eigenvalue weighted by atomic mass is 10.1. The van der Waals surface area contributed by atoms with Crippen molar-refractivity contribution in [2.45, 2.75) is 24.9 Å². The van der Waals surface area contributed by atoms with Crippen molar-refractivity contribution in [2.75, 3.05) is 0 Å². The largest absolute Gasteiger partial charge is 0.343 e. The summed E-state index contributed by atoms with van der Waals surface area (Å²) in [7, 11) is 0. The molecule has 1 heterocycles. The fourth-order valence-electron chi connectivity index (χ4n) is 2.61. The normalized spacial score (nSPS) is 16.4. The second-order valence-electron chi connectivity index (χ2n) is 5.37. The van der Waals surface area contributed by atoms with Gasteiger partial charge in [-0.2, -0.15) is 4.98 Å². The van der Waals surface area contributed by atoms with E-state index < -0.39 is 0 Å². The molecule has 20 heavy (non-hydrogen) atoms. The van der Waals surface area contributed by atoms with Crippen molar-refractivity contribution < 1.29 is 4.52 Å². The van der Waals surface area contributed by atoms with Gasteiger partial charge in [-0.25, -0.2) is 0 Å². The van der Waals surface area contributed by atoms with Gasteiger partial charge in [-0.1, -0.05) is 41.6 Å². The molecular weight excluding hydrogens is 250 g/mol. The molecule has 1 N–H and O–H groups in total. The summed E-state index contributed by atoms with van der Waals surface area (Å²) in [4.78, 5) is 4.17. The molecule has 1 aromatic heterocycles. The Morgan fingerprint density at radius 3 is 2.70 bits per heavy atom. The van der Waals surface area contributed by atoms with Gasteiger partial charge in [0, 0.05) is 6.54 Å². The van der Waals surface area contributed by atoms with Gasteiger partial charge < -0.3 is 9.84 Å². The van der Waals surface area contributed by atoms with E-state index in [-0.39, 0.29) is 5.54 Å². The second-order valence-corrected chi connectivity index (χ2v) is 5.37. The van der Waals surface area contributed by atoms with E-state index in [4.69, 9.17) is 4.52 Å². The lowest BCUT2D eigenvalue weighted by molar-refractivity contribution is 0.389. The molecule has 0 radical (unpaired) electrons. The maximum Gasteiger partial charge on any atom is 0.213 e. The van der Waals surface area contributed by atoms with Crippen LogP contribution in [0.4, 0.5) is 0 Å². The van der Waals surface area contributed by atoms with Crippen LogP contribution in [0.2, 0.25) is 0 Å². The van der Waals surface area contributed by atoms with Gasteiger partial charge >= 0.3 is 0 Å². The first-order chi connectivity index (χ1) is 9.86. The number of nitrogens with one attached hydrogen (secondary N) is 1. The minimum atomic E-state index is -0.0708. The van der Waals surface area contributed by atoms with Crippen molar-refractivity contribution >= 4 is 10.8 Å². The van der Waals surface area contributed by atoms with Gasteiger partial charge in [-0.3, -0.25) is 0 Å². The smallest absolute Gasteiger partial charge is 0.213 e. The molecule has 1 saturated carbocycles. The highest BCUT2D eigenvalue weighted by molar-refractivity contribution is 5.82. The van der Waals surface area contributed by atoms with Crippen LogP contribution in [0.25, 0.3) is 10.8 Å². The standard InChI is InChI=1S/C16H15N3O/c1-2-4-14-9-12(5-6-13(14)3-1)10-18-16(7-8-16)15-17-11-20-19-15/h1-6,9,11,18H,7-8,10H2. The quantitative estimate of drug-likeness (QED) is 0.788. The first-order valence-corrected chi connectivity index (χ1v) is 6.85. The molecule has 1 fully saturated rings. The monoisotopic (exact) mass is 265 g/mol. The molecule has 0 saturated heterocycles. The first-order valence-electron chi connectivity index (χ1n) is 6.85. The van der Waals surface area contributed by atoms with Crippen LogP contribution in [-0.2, 0) is 12.1 Å². The van der Waals surface area contributed by atoms with E-state index in [2.05, 4.69) is 57.9 Å². The Balaban J connectivity index is 1.54. The van der Waals surface area contributed by atoms with Crippen molar-refractivity contribution in [3.8, 4) is 0 Å².